The van der Waals surface area contributed by atoms with Gasteiger partial charge in [0.1, 0.15) is 0 Å². The molecule has 0 spiro atoms. The quantitative estimate of drug-likeness (QED) is 0.814. The van der Waals surface area contributed by atoms with Crippen molar-refractivity contribution < 1.29 is 14.6 Å². The molecule has 0 aliphatic heterocycles. The molecule has 88 valence electrons. The SMILES string of the molecule is COCC(CO)NC(=O)c1ccccc1Cl. The molecule has 0 radical (unpaired) electrons. The van der Waals surface area contributed by atoms with Crippen molar-refractivity contribution >= 4 is 17.5 Å². The van der Waals surface area contributed by atoms with E-state index in [9.17, 15) is 4.79 Å². The highest BCUT2D eigenvalue weighted by Crippen LogP contribution is 2.14. The van der Waals surface area contributed by atoms with Crippen LogP contribution in [0.2, 0.25) is 5.02 Å². The van der Waals surface area contributed by atoms with Gasteiger partial charge in [-0.3, -0.25) is 4.79 Å². The topological polar surface area (TPSA) is 58.6 Å². The number of hydrogen-bond acceptors (Lipinski definition) is 3. The van der Waals surface area contributed by atoms with Crippen LogP contribution in [0.15, 0.2) is 24.3 Å². The number of hydrogen-bond donors (Lipinski definition) is 2. The van der Waals surface area contributed by atoms with Gasteiger partial charge in [0.2, 0.25) is 0 Å². The second-order valence-corrected chi connectivity index (χ2v) is 3.70. The molecule has 1 aromatic rings. The lowest BCUT2D eigenvalue weighted by atomic mass is 10.2. The van der Waals surface area contributed by atoms with Crippen LogP contribution in [0.5, 0.6) is 0 Å². The number of benzene rings is 1. The van der Waals surface area contributed by atoms with Crippen LogP contribution in [0.1, 0.15) is 10.4 Å². The van der Waals surface area contributed by atoms with Gasteiger partial charge in [-0.05, 0) is 12.1 Å². The van der Waals surface area contributed by atoms with Crippen molar-refractivity contribution in [3.05, 3.63) is 34.9 Å². The average molecular weight is 244 g/mol. The average Bonchev–Trinajstić information content (AvgIpc) is 2.28. The van der Waals surface area contributed by atoms with Crippen molar-refractivity contribution in [2.24, 2.45) is 0 Å². The first-order valence-corrected chi connectivity index (χ1v) is 5.22. The fraction of sp³-hybridized carbons (Fsp3) is 0.364. The van der Waals surface area contributed by atoms with Gasteiger partial charge >= 0.3 is 0 Å². The molecular formula is C11H14ClNO3. The molecule has 1 atom stereocenters. The van der Waals surface area contributed by atoms with Crippen molar-refractivity contribution in [1.82, 2.24) is 5.32 Å². The van der Waals surface area contributed by atoms with Crippen molar-refractivity contribution in [3.63, 3.8) is 0 Å². The van der Waals surface area contributed by atoms with Crippen LogP contribution in [-0.2, 0) is 4.74 Å². The first-order chi connectivity index (χ1) is 7.69. The highest BCUT2D eigenvalue weighted by atomic mass is 35.5. The Labute approximate surface area is 99.2 Å². The van der Waals surface area contributed by atoms with Crippen LogP contribution in [0.4, 0.5) is 0 Å². The van der Waals surface area contributed by atoms with Gasteiger partial charge < -0.3 is 15.2 Å². The minimum atomic E-state index is -0.422. The number of nitrogens with one attached hydrogen (secondary N) is 1. The summed E-state index contributed by atoms with van der Waals surface area (Å²) in [6.45, 7) is 0.0801. The Morgan fingerprint density at radius 3 is 2.81 bits per heavy atom. The first-order valence-electron chi connectivity index (χ1n) is 4.84. The molecule has 16 heavy (non-hydrogen) atoms. The van der Waals surface area contributed by atoms with Gasteiger partial charge in [0, 0.05) is 7.11 Å². The second-order valence-electron chi connectivity index (χ2n) is 3.29. The van der Waals surface area contributed by atoms with Crippen LogP contribution in [0.3, 0.4) is 0 Å². The molecule has 5 heteroatoms. The number of aliphatic hydroxyl groups excluding tert-OH is 1. The molecule has 4 nitrogen and oxygen atoms in total. The maximum Gasteiger partial charge on any atom is 0.253 e. The van der Waals surface area contributed by atoms with Crippen molar-refractivity contribution in [1.29, 1.82) is 0 Å². The number of aliphatic hydroxyl groups is 1. The van der Waals surface area contributed by atoms with E-state index < -0.39 is 6.04 Å². The minimum absolute atomic E-state index is 0.177. The summed E-state index contributed by atoms with van der Waals surface area (Å²) in [6.07, 6.45) is 0. The molecule has 1 aromatic carbocycles. The Bertz CT molecular complexity index is 357. The van der Waals surface area contributed by atoms with Crippen LogP contribution < -0.4 is 5.32 Å². The third-order valence-electron chi connectivity index (χ3n) is 2.04. The predicted molar refractivity (Wildman–Crippen MR) is 61.7 cm³/mol. The second kappa shape index (κ2) is 6.48. The zero-order valence-corrected chi connectivity index (χ0v) is 9.70. The summed E-state index contributed by atoms with van der Waals surface area (Å²) in [7, 11) is 1.50. The molecule has 0 saturated carbocycles. The lowest BCUT2D eigenvalue weighted by molar-refractivity contribution is 0.0840. The Morgan fingerprint density at radius 2 is 2.25 bits per heavy atom. The minimum Gasteiger partial charge on any atom is -0.394 e. The number of ether oxygens (including phenoxy) is 1. The van der Waals surface area contributed by atoms with E-state index in [0.29, 0.717) is 10.6 Å². The third-order valence-corrected chi connectivity index (χ3v) is 2.37. The Kier molecular flexibility index (Phi) is 5.25. The third kappa shape index (κ3) is 3.48. The number of methoxy groups -OCH3 is 1. The molecule has 1 amide bonds. The molecular weight excluding hydrogens is 230 g/mol. The standard InChI is InChI=1S/C11H14ClNO3/c1-16-7-8(6-14)13-11(15)9-4-2-3-5-10(9)12/h2-5,8,14H,6-7H2,1H3,(H,13,15). The van der Waals surface area contributed by atoms with Gasteiger partial charge in [0.05, 0.1) is 29.8 Å². The zero-order valence-electron chi connectivity index (χ0n) is 8.94. The summed E-state index contributed by atoms with van der Waals surface area (Å²) < 4.78 is 4.85. The summed E-state index contributed by atoms with van der Waals surface area (Å²) in [5.41, 5.74) is 0.388. The van der Waals surface area contributed by atoms with E-state index in [1.165, 1.54) is 7.11 Å². The molecule has 1 rings (SSSR count). The van der Waals surface area contributed by atoms with Gasteiger partial charge in [-0.25, -0.2) is 0 Å². The van der Waals surface area contributed by atoms with E-state index in [1.807, 2.05) is 0 Å². The van der Waals surface area contributed by atoms with E-state index >= 15 is 0 Å². The monoisotopic (exact) mass is 243 g/mol. The van der Waals surface area contributed by atoms with Gasteiger partial charge in [-0.1, -0.05) is 23.7 Å². The normalized spacial score (nSPS) is 12.2. The van der Waals surface area contributed by atoms with E-state index in [1.54, 1.807) is 24.3 Å². The Morgan fingerprint density at radius 1 is 1.56 bits per heavy atom. The zero-order chi connectivity index (χ0) is 12.0. The molecule has 0 bridgehead atoms. The predicted octanol–water partition coefficient (Wildman–Crippen LogP) is 1.08. The van der Waals surface area contributed by atoms with E-state index in [0.717, 1.165) is 0 Å². The lowest BCUT2D eigenvalue weighted by Gasteiger charge is -2.15. The van der Waals surface area contributed by atoms with E-state index in [4.69, 9.17) is 21.4 Å². The smallest absolute Gasteiger partial charge is 0.253 e. The summed E-state index contributed by atoms with van der Waals surface area (Å²) in [6, 6.07) is 6.32. The summed E-state index contributed by atoms with van der Waals surface area (Å²) in [5, 5.41) is 12.0. The maximum absolute atomic E-state index is 11.7. The van der Waals surface area contributed by atoms with Crippen LogP contribution in [-0.4, -0.2) is 37.4 Å². The lowest BCUT2D eigenvalue weighted by Crippen LogP contribution is -2.40. The Hall–Kier alpha value is -1.10. The number of halogens is 1. The van der Waals surface area contributed by atoms with Crippen LogP contribution in [0, 0.1) is 0 Å². The van der Waals surface area contributed by atoms with E-state index in [2.05, 4.69) is 5.32 Å². The highest BCUT2D eigenvalue weighted by Gasteiger charge is 2.14. The number of carbonyl (C=O) groups is 1. The number of rotatable bonds is 5. The van der Waals surface area contributed by atoms with Gasteiger partial charge in [0.15, 0.2) is 0 Å². The molecule has 0 aromatic heterocycles. The highest BCUT2D eigenvalue weighted by molar-refractivity contribution is 6.33. The number of carbonyl (C=O) groups excluding carboxylic acids is 1. The van der Waals surface area contributed by atoms with Gasteiger partial charge in [0.25, 0.3) is 5.91 Å². The van der Waals surface area contributed by atoms with Crippen molar-refractivity contribution in [2.75, 3.05) is 20.3 Å². The number of amides is 1. The molecule has 2 N–H and O–H groups in total. The molecule has 0 fully saturated rings. The summed E-state index contributed by atoms with van der Waals surface area (Å²) in [5.74, 6) is -0.318. The van der Waals surface area contributed by atoms with Crippen molar-refractivity contribution in [2.45, 2.75) is 6.04 Å². The van der Waals surface area contributed by atoms with Crippen molar-refractivity contribution in [3.8, 4) is 0 Å². The molecule has 0 aliphatic rings. The van der Waals surface area contributed by atoms with Gasteiger partial charge in [-0.2, -0.15) is 0 Å². The molecule has 0 heterocycles. The fourth-order valence-corrected chi connectivity index (χ4v) is 1.47. The van der Waals surface area contributed by atoms with E-state index in [-0.39, 0.29) is 19.1 Å². The first kappa shape index (κ1) is 13.0. The van der Waals surface area contributed by atoms with Crippen LogP contribution in [0.25, 0.3) is 0 Å². The maximum atomic E-state index is 11.7. The summed E-state index contributed by atoms with van der Waals surface area (Å²) >= 11 is 5.87. The molecule has 0 saturated heterocycles. The molecule has 1 unspecified atom stereocenters. The Balaban J connectivity index is 2.68. The largest absolute Gasteiger partial charge is 0.394 e. The van der Waals surface area contributed by atoms with Crippen LogP contribution >= 0.6 is 11.6 Å². The molecule has 0 aliphatic carbocycles. The summed E-state index contributed by atoms with van der Waals surface area (Å²) in [4.78, 5) is 11.7. The van der Waals surface area contributed by atoms with Gasteiger partial charge in [-0.15, -0.1) is 0 Å². The fourth-order valence-electron chi connectivity index (χ4n) is 1.25.